The molecule has 0 amide bonds. The monoisotopic (exact) mass is 222 g/mol. The van der Waals surface area contributed by atoms with E-state index in [1.54, 1.807) is 0 Å². The maximum atomic E-state index is 8.81. The van der Waals surface area contributed by atoms with Gasteiger partial charge in [-0.05, 0) is 42.3 Å². The zero-order chi connectivity index (χ0) is 12.1. The summed E-state index contributed by atoms with van der Waals surface area (Å²) < 4.78 is 0. The van der Waals surface area contributed by atoms with Gasteiger partial charge in [-0.3, -0.25) is 0 Å². The Hall–Kier alpha value is -2.27. The molecular weight excluding hydrogens is 208 g/mol. The predicted octanol–water partition coefficient (Wildman–Crippen LogP) is 3.48. The van der Waals surface area contributed by atoms with Crippen LogP contribution in [0.4, 0.5) is 5.69 Å². The van der Waals surface area contributed by atoms with Gasteiger partial charge < -0.3 is 5.32 Å². The third kappa shape index (κ3) is 3.09. The fourth-order valence-corrected chi connectivity index (χ4v) is 1.71. The van der Waals surface area contributed by atoms with Crippen LogP contribution in [-0.4, -0.2) is 0 Å². The lowest BCUT2D eigenvalue weighted by Crippen LogP contribution is -1.99. The van der Waals surface area contributed by atoms with Gasteiger partial charge in [-0.15, -0.1) is 0 Å². The number of benzene rings is 2. The van der Waals surface area contributed by atoms with E-state index in [2.05, 4.69) is 30.4 Å². The molecule has 0 radical (unpaired) electrons. The van der Waals surface area contributed by atoms with Crippen LogP contribution >= 0.6 is 0 Å². The van der Waals surface area contributed by atoms with Crippen molar-refractivity contribution in [2.75, 3.05) is 5.32 Å². The minimum atomic E-state index is 0.702. The van der Waals surface area contributed by atoms with Crippen LogP contribution in [0.2, 0.25) is 0 Å². The third-order valence-electron chi connectivity index (χ3n) is 2.57. The summed E-state index contributed by atoms with van der Waals surface area (Å²) in [7, 11) is 0. The molecule has 0 aliphatic heterocycles. The van der Waals surface area contributed by atoms with Crippen LogP contribution in [-0.2, 0) is 6.54 Å². The Morgan fingerprint density at radius 3 is 2.71 bits per heavy atom. The Morgan fingerprint density at radius 2 is 1.94 bits per heavy atom. The van der Waals surface area contributed by atoms with Crippen LogP contribution in [0, 0.1) is 18.3 Å². The minimum Gasteiger partial charge on any atom is -0.381 e. The van der Waals surface area contributed by atoms with Crippen molar-refractivity contribution in [1.82, 2.24) is 0 Å². The molecule has 0 fully saturated rings. The van der Waals surface area contributed by atoms with Crippen LogP contribution < -0.4 is 5.32 Å². The highest BCUT2D eigenvalue weighted by molar-refractivity contribution is 5.46. The average molecular weight is 222 g/mol. The molecule has 0 aliphatic rings. The number of nitriles is 1. The van der Waals surface area contributed by atoms with Gasteiger partial charge in [0.2, 0.25) is 0 Å². The Bertz CT molecular complexity index is 553. The van der Waals surface area contributed by atoms with E-state index in [0.717, 1.165) is 17.8 Å². The molecule has 2 nitrogen and oxygen atoms in total. The fraction of sp³-hybridized carbons (Fsp3) is 0.133. The number of hydrogen-bond acceptors (Lipinski definition) is 2. The van der Waals surface area contributed by atoms with Crippen molar-refractivity contribution >= 4 is 5.69 Å². The SMILES string of the molecule is Cc1cccc(NCc2cccc(C#N)c2)c1. The van der Waals surface area contributed by atoms with E-state index in [0.29, 0.717) is 5.56 Å². The molecule has 0 saturated carbocycles. The molecule has 0 unspecified atom stereocenters. The summed E-state index contributed by atoms with van der Waals surface area (Å²) in [5.74, 6) is 0. The van der Waals surface area contributed by atoms with E-state index in [1.165, 1.54) is 5.56 Å². The highest BCUT2D eigenvalue weighted by Crippen LogP contribution is 2.12. The van der Waals surface area contributed by atoms with Crippen LogP contribution in [0.25, 0.3) is 0 Å². The first-order valence-electron chi connectivity index (χ1n) is 5.57. The molecule has 2 aromatic carbocycles. The van der Waals surface area contributed by atoms with Gasteiger partial charge in [0.05, 0.1) is 11.6 Å². The van der Waals surface area contributed by atoms with Crippen molar-refractivity contribution in [3.8, 4) is 6.07 Å². The molecule has 0 heterocycles. The minimum absolute atomic E-state index is 0.702. The number of nitrogens with zero attached hydrogens (tertiary/aromatic N) is 1. The standard InChI is InChI=1S/C15H14N2/c1-12-4-2-7-15(8-12)17-11-14-6-3-5-13(9-14)10-16/h2-9,17H,11H2,1H3. The van der Waals surface area contributed by atoms with Crippen molar-refractivity contribution in [2.45, 2.75) is 13.5 Å². The molecule has 0 aliphatic carbocycles. The molecular formula is C15H14N2. The molecule has 0 spiro atoms. The average Bonchev–Trinajstić information content (AvgIpc) is 2.37. The normalized spacial score (nSPS) is 9.65. The first-order chi connectivity index (χ1) is 8.28. The second-order valence-corrected chi connectivity index (χ2v) is 4.04. The van der Waals surface area contributed by atoms with Gasteiger partial charge in [-0.25, -0.2) is 0 Å². The summed E-state index contributed by atoms with van der Waals surface area (Å²) in [4.78, 5) is 0. The number of rotatable bonds is 3. The maximum absolute atomic E-state index is 8.81. The summed E-state index contributed by atoms with van der Waals surface area (Å²) >= 11 is 0. The smallest absolute Gasteiger partial charge is 0.0991 e. The number of nitrogens with one attached hydrogen (secondary N) is 1. The zero-order valence-electron chi connectivity index (χ0n) is 9.77. The van der Waals surface area contributed by atoms with Crippen LogP contribution in [0.5, 0.6) is 0 Å². The topological polar surface area (TPSA) is 35.8 Å². The van der Waals surface area contributed by atoms with Crippen LogP contribution in [0.3, 0.4) is 0 Å². The lowest BCUT2D eigenvalue weighted by atomic mass is 10.1. The van der Waals surface area contributed by atoms with Gasteiger partial charge in [-0.1, -0.05) is 24.3 Å². The van der Waals surface area contributed by atoms with Crippen LogP contribution in [0.1, 0.15) is 16.7 Å². The molecule has 1 N–H and O–H groups in total. The number of hydrogen-bond donors (Lipinski definition) is 1. The molecule has 0 bridgehead atoms. The van der Waals surface area contributed by atoms with Crippen molar-refractivity contribution in [3.63, 3.8) is 0 Å². The van der Waals surface area contributed by atoms with Gasteiger partial charge in [0, 0.05) is 12.2 Å². The summed E-state index contributed by atoms with van der Waals surface area (Å²) in [5.41, 5.74) is 4.16. The molecule has 2 heteroatoms. The molecule has 84 valence electrons. The van der Waals surface area contributed by atoms with Gasteiger partial charge in [0.15, 0.2) is 0 Å². The molecule has 0 aromatic heterocycles. The molecule has 17 heavy (non-hydrogen) atoms. The first-order valence-corrected chi connectivity index (χ1v) is 5.57. The van der Waals surface area contributed by atoms with E-state index in [9.17, 15) is 0 Å². The fourth-order valence-electron chi connectivity index (χ4n) is 1.71. The van der Waals surface area contributed by atoms with Gasteiger partial charge in [-0.2, -0.15) is 5.26 Å². The van der Waals surface area contributed by atoms with E-state index in [1.807, 2.05) is 36.4 Å². The van der Waals surface area contributed by atoms with Crippen LogP contribution in [0.15, 0.2) is 48.5 Å². The van der Waals surface area contributed by atoms with Crippen molar-refractivity contribution in [2.24, 2.45) is 0 Å². The number of anilines is 1. The predicted molar refractivity (Wildman–Crippen MR) is 69.7 cm³/mol. The van der Waals surface area contributed by atoms with E-state index in [4.69, 9.17) is 5.26 Å². The van der Waals surface area contributed by atoms with Gasteiger partial charge in [0.1, 0.15) is 0 Å². The third-order valence-corrected chi connectivity index (χ3v) is 2.57. The molecule has 0 atom stereocenters. The zero-order valence-corrected chi connectivity index (χ0v) is 9.77. The molecule has 2 aromatic rings. The van der Waals surface area contributed by atoms with Crippen molar-refractivity contribution in [3.05, 3.63) is 65.2 Å². The Morgan fingerprint density at radius 1 is 1.12 bits per heavy atom. The van der Waals surface area contributed by atoms with Crippen molar-refractivity contribution < 1.29 is 0 Å². The van der Waals surface area contributed by atoms with Crippen molar-refractivity contribution in [1.29, 1.82) is 5.26 Å². The van der Waals surface area contributed by atoms with E-state index < -0.39 is 0 Å². The Labute approximate surface area is 102 Å². The second-order valence-electron chi connectivity index (χ2n) is 4.04. The summed E-state index contributed by atoms with van der Waals surface area (Å²) in [5, 5.41) is 12.2. The highest BCUT2D eigenvalue weighted by atomic mass is 14.9. The Balaban J connectivity index is 2.05. The molecule has 2 rings (SSSR count). The van der Waals surface area contributed by atoms with Gasteiger partial charge in [0.25, 0.3) is 0 Å². The van der Waals surface area contributed by atoms with E-state index >= 15 is 0 Å². The van der Waals surface area contributed by atoms with Gasteiger partial charge >= 0.3 is 0 Å². The van der Waals surface area contributed by atoms with E-state index in [-0.39, 0.29) is 0 Å². The largest absolute Gasteiger partial charge is 0.381 e. The lowest BCUT2D eigenvalue weighted by molar-refractivity contribution is 1.14. The second kappa shape index (κ2) is 5.18. The number of aryl methyl sites for hydroxylation is 1. The molecule has 0 saturated heterocycles. The highest BCUT2D eigenvalue weighted by Gasteiger charge is 1.96. The maximum Gasteiger partial charge on any atom is 0.0991 e. The summed E-state index contributed by atoms with van der Waals surface area (Å²) in [6, 6.07) is 18.0. The lowest BCUT2D eigenvalue weighted by Gasteiger charge is -2.07. The quantitative estimate of drug-likeness (QED) is 0.863. The first kappa shape index (κ1) is 11.2. The Kier molecular flexibility index (Phi) is 3.42. The summed E-state index contributed by atoms with van der Waals surface area (Å²) in [6.07, 6.45) is 0. The summed E-state index contributed by atoms with van der Waals surface area (Å²) in [6.45, 7) is 2.81.